The number of anilines is 1. The second-order valence-electron chi connectivity index (χ2n) is 5.99. The summed E-state index contributed by atoms with van der Waals surface area (Å²) >= 11 is 0. The number of ether oxygens (including phenoxy) is 2. The molecule has 0 spiro atoms. The molecule has 0 atom stereocenters. The Labute approximate surface area is 170 Å². The van der Waals surface area contributed by atoms with Crippen LogP contribution in [0.4, 0.5) is 11.4 Å². The zero-order valence-corrected chi connectivity index (χ0v) is 16.0. The average molecular weight is 411 g/mol. The molecule has 0 bridgehead atoms. The van der Waals surface area contributed by atoms with Gasteiger partial charge in [0.1, 0.15) is 11.3 Å². The number of nitrogens with zero attached hydrogens (tertiary/aromatic N) is 3. The van der Waals surface area contributed by atoms with Gasteiger partial charge in [-0.1, -0.05) is 0 Å². The molecule has 1 aromatic heterocycles. The molecular formula is C19H17N5O6. The zero-order chi connectivity index (χ0) is 21.8. The van der Waals surface area contributed by atoms with Crippen LogP contribution in [0.1, 0.15) is 20.8 Å². The van der Waals surface area contributed by atoms with Crippen LogP contribution in [-0.4, -0.2) is 40.7 Å². The molecule has 1 heterocycles. The summed E-state index contributed by atoms with van der Waals surface area (Å²) in [6.07, 6.45) is 1.57. The van der Waals surface area contributed by atoms with Crippen LogP contribution in [0.5, 0.6) is 11.5 Å². The predicted octanol–water partition coefficient (Wildman–Crippen LogP) is 2.15. The van der Waals surface area contributed by atoms with E-state index in [0.717, 1.165) is 6.07 Å². The fourth-order valence-electron chi connectivity index (χ4n) is 2.70. The number of nitrogens with two attached hydrogens (primary N) is 1. The molecule has 3 rings (SSSR count). The molecule has 0 aliphatic carbocycles. The van der Waals surface area contributed by atoms with Crippen molar-refractivity contribution < 1.29 is 24.0 Å². The summed E-state index contributed by atoms with van der Waals surface area (Å²) in [7, 11) is 2.71. The molecule has 11 heteroatoms. The molecule has 11 nitrogen and oxygen atoms in total. The van der Waals surface area contributed by atoms with E-state index in [4.69, 9.17) is 15.2 Å². The third-order valence-electron chi connectivity index (χ3n) is 4.17. The molecule has 0 radical (unpaired) electrons. The lowest BCUT2D eigenvalue weighted by atomic mass is 10.1. The minimum absolute atomic E-state index is 0.119. The first-order valence-electron chi connectivity index (χ1n) is 8.51. The van der Waals surface area contributed by atoms with E-state index in [1.165, 1.54) is 31.0 Å². The number of nitro groups is 1. The van der Waals surface area contributed by atoms with Gasteiger partial charge in [0.15, 0.2) is 11.5 Å². The Bertz CT molecular complexity index is 1120. The first-order valence-corrected chi connectivity index (χ1v) is 8.51. The van der Waals surface area contributed by atoms with Crippen molar-refractivity contribution in [3.63, 3.8) is 0 Å². The van der Waals surface area contributed by atoms with Crippen molar-refractivity contribution in [3.8, 4) is 17.2 Å². The van der Waals surface area contributed by atoms with Crippen LogP contribution in [0, 0.1) is 10.1 Å². The fraction of sp³-hybridized carbons (Fsp3) is 0.105. The Kier molecular flexibility index (Phi) is 5.63. The van der Waals surface area contributed by atoms with Gasteiger partial charge in [-0.15, -0.1) is 0 Å². The number of carbonyl (C=O) groups excluding carboxylic acids is 2. The number of benzene rings is 2. The summed E-state index contributed by atoms with van der Waals surface area (Å²) < 4.78 is 11.6. The van der Waals surface area contributed by atoms with Gasteiger partial charge in [0.05, 0.1) is 30.9 Å². The van der Waals surface area contributed by atoms with Crippen molar-refractivity contribution in [2.75, 3.05) is 19.5 Å². The quantitative estimate of drug-likeness (QED) is 0.446. The maximum Gasteiger partial charge on any atom is 0.286 e. The van der Waals surface area contributed by atoms with Crippen LogP contribution in [0.2, 0.25) is 0 Å². The number of primary amides is 1. The van der Waals surface area contributed by atoms with E-state index in [1.54, 1.807) is 30.5 Å². The van der Waals surface area contributed by atoms with Gasteiger partial charge in [-0.05, 0) is 30.3 Å². The van der Waals surface area contributed by atoms with E-state index in [1.807, 2.05) is 0 Å². The Balaban J connectivity index is 1.85. The van der Waals surface area contributed by atoms with Gasteiger partial charge in [0.25, 0.3) is 17.5 Å². The van der Waals surface area contributed by atoms with Crippen LogP contribution in [0.3, 0.4) is 0 Å². The van der Waals surface area contributed by atoms with Crippen molar-refractivity contribution in [1.82, 2.24) is 9.78 Å². The highest BCUT2D eigenvalue weighted by molar-refractivity contribution is 6.07. The lowest BCUT2D eigenvalue weighted by molar-refractivity contribution is -0.385. The Morgan fingerprint density at radius 3 is 2.27 bits per heavy atom. The third-order valence-corrected chi connectivity index (χ3v) is 4.17. The van der Waals surface area contributed by atoms with E-state index >= 15 is 0 Å². The van der Waals surface area contributed by atoms with Crippen LogP contribution in [-0.2, 0) is 0 Å². The number of methoxy groups -OCH3 is 2. The van der Waals surface area contributed by atoms with Gasteiger partial charge in [0.2, 0.25) is 0 Å². The molecule has 0 saturated carbocycles. The summed E-state index contributed by atoms with van der Waals surface area (Å²) in [6, 6.07) is 10.3. The number of carbonyl (C=O) groups is 2. The number of nitrogens with one attached hydrogen (secondary N) is 1. The highest BCUT2D eigenvalue weighted by atomic mass is 16.6. The molecular weight excluding hydrogens is 394 g/mol. The largest absolute Gasteiger partial charge is 0.493 e. The molecule has 0 unspecified atom stereocenters. The number of hydrogen-bond acceptors (Lipinski definition) is 7. The van der Waals surface area contributed by atoms with E-state index in [0.29, 0.717) is 11.4 Å². The Morgan fingerprint density at radius 1 is 1.10 bits per heavy atom. The summed E-state index contributed by atoms with van der Waals surface area (Å²) in [4.78, 5) is 34.5. The van der Waals surface area contributed by atoms with Gasteiger partial charge < -0.3 is 20.5 Å². The SMILES string of the molecule is COc1cc(C(=O)Nc2ccc(-n3ccc(C(N)=O)n3)cc2)c([N+](=O)[O-])cc1OC. The lowest BCUT2D eigenvalue weighted by Crippen LogP contribution is -2.14. The number of hydrogen-bond donors (Lipinski definition) is 2. The summed E-state index contributed by atoms with van der Waals surface area (Å²) in [5.41, 5.74) is 5.72. The second-order valence-corrected chi connectivity index (χ2v) is 5.99. The van der Waals surface area contributed by atoms with Crippen molar-refractivity contribution in [1.29, 1.82) is 0 Å². The molecule has 0 fully saturated rings. The van der Waals surface area contributed by atoms with Gasteiger partial charge in [0, 0.05) is 18.0 Å². The Morgan fingerprint density at radius 2 is 1.73 bits per heavy atom. The molecule has 0 aliphatic rings. The van der Waals surface area contributed by atoms with Crippen LogP contribution >= 0.6 is 0 Å². The lowest BCUT2D eigenvalue weighted by Gasteiger charge is -2.11. The highest BCUT2D eigenvalue weighted by Crippen LogP contribution is 2.34. The summed E-state index contributed by atoms with van der Waals surface area (Å²) in [5, 5.41) is 18.0. The third kappa shape index (κ3) is 4.04. The first kappa shape index (κ1) is 20.3. The maximum absolute atomic E-state index is 12.7. The molecule has 0 saturated heterocycles. The standard InChI is InChI=1S/C19H17N5O6/c1-29-16-9-13(15(24(27)28)10-17(16)30-2)19(26)21-11-3-5-12(6-4-11)23-8-7-14(22-23)18(20)25/h3-10H,1-2H3,(H2,20,25)(H,21,26). The van der Waals surface area contributed by atoms with Crippen molar-refractivity contribution in [2.45, 2.75) is 0 Å². The van der Waals surface area contributed by atoms with Crippen LogP contribution in [0.15, 0.2) is 48.7 Å². The van der Waals surface area contributed by atoms with Crippen LogP contribution in [0.25, 0.3) is 5.69 Å². The molecule has 2 aromatic carbocycles. The van der Waals surface area contributed by atoms with Gasteiger partial charge >= 0.3 is 0 Å². The van der Waals surface area contributed by atoms with Gasteiger partial charge in [-0.2, -0.15) is 5.10 Å². The number of amides is 2. The zero-order valence-electron chi connectivity index (χ0n) is 16.0. The molecule has 154 valence electrons. The average Bonchev–Trinajstić information content (AvgIpc) is 3.23. The molecule has 2 amide bonds. The minimum atomic E-state index is -0.689. The number of aromatic nitrogens is 2. The van der Waals surface area contributed by atoms with Crippen molar-refractivity contribution >= 4 is 23.2 Å². The first-order chi connectivity index (χ1) is 14.3. The van der Waals surface area contributed by atoms with E-state index in [-0.39, 0.29) is 22.8 Å². The molecule has 30 heavy (non-hydrogen) atoms. The molecule has 3 N–H and O–H groups in total. The van der Waals surface area contributed by atoms with Crippen molar-refractivity contribution in [2.24, 2.45) is 5.73 Å². The van der Waals surface area contributed by atoms with E-state index in [2.05, 4.69) is 10.4 Å². The highest BCUT2D eigenvalue weighted by Gasteiger charge is 2.24. The van der Waals surface area contributed by atoms with Crippen molar-refractivity contribution in [3.05, 3.63) is 70.0 Å². The molecule has 0 aliphatic heterocycles. The maximum atomic E-state index is 12.7. The fourth-order valence-corrected chi connectivity index (χ4v) is 2.70. The normalized spacial score (nSPS) is 10.3. The topological polar surface area (TPSA) is 152 Å². The van der Waals surface area contributed by atoms with E-state index in [9.17, 15) is 19.7 Å². The summed E-state index contributed by atoms with van der Waals surface area (Å²) in [5.74, 6) is -1.01. The Hall–Kier alpha value is -4.41. The van der Waals surface area contributed by atoms with Gasteiger partial charge in [-0.3, -0.25) is 19.7 Å². The molecule has 3 aromatic rings. The predicted molar refractivity (Wildman–Crippen MR) is 106 cm³/mol. The smallest absolute Gasteiger partial charge is 0.286 e. The second kappa shape index (κ2) is 8.31. The van der Waals surface area contributed by atoms with Gasteiger partial charge in [-0.25, -0.2) is 4.68 Å². The summed E-state index contributed by atoms with van der Waals surface area (Å²) in [6.45, 7) is 0. The minimum Gasteiger partial charge on any atom is -0.493 e. The number of rotatable bonds is 7. The van der Waals surface area contributed by atoms with Crippen LogP contribution < -0.4 is 20.5 Å². The van der Waals surface area contributed by atoms with E-state index < -0.39 is 22.4 Å². The monoisotopic (exact) mass is 411 g/mol. The number of nitro benzene ring substituents is 1.